The van der Waals surface area contributed by atoms with E-state index in [1.165, 1.54) is 5.56 Å². The Morgan fingerprint density at radius 3 is 2.82 bits per heavy atom. The number of aliphatic hydroxyl groups is 1. The molecule has 4 nitrogen and oxygen atoms in total. The molecule has 4 heteroatoms. The van der Waals surface area contributed by atoms with Crippen LogP contribution in [0.1, 0.15) is 75.3 Å². The van der Waals surface area contributed by atoms with Crippen molar-refractivity contribution >= 4 is 5.91 Å². The molecule has 0 aliphatic carbocycles. The van der Waals surface area contributed by atoms with Crippen LogP contribution in [0.25, 0.3) is 0 Å². The smallest absolute Gasteiger partial charge is 0.220 e. The maximum Gasteiger partial charge on any atom is 0.220 e. The molecule has 22 heavy (non-hydrogen) atoms. The third-order valence-corrected chi connectivity index (χ3v) is 4.22. The second-order valence-electron chi connectivity index (χ2n) is 5.87. The van der Waals surface area contributed by atoms with Gasteiger partial charge in [0.25, 0.3) is 0 Å². The zero-order valence-electron chi connectivity index (χ0n) is 13.8. The highest BCUT2D eigenvalue weighted by molar-refractivity contribution is 5.76. The first-order valence-electron chi connectivity index (χ1n) is 8.37. The van der Waals surface area contributed by atoms with E-state index in [1.54, 1.807) is 0 Å². The van der Waals surface area contributed by atoms with E-state index in [-0.39, 0.29) is 11.9 Å². The van der Waals surface area contributed by atoms with Gasteiger partial charge < -0.3 is 15.2 Å². The molecule has 1 aliphatic rings. The second kappa shape index (κ2) is 7.63. The van der Waals surface area contributed by atoms with Crippen molar-refractivity contribution in [3.8, 4) is 5.75 Å². The second-order valence-corrected chi connectivity index (χ2v) is 5.87. The summed E-state index contributed by atoms with van der Waals surface area (Å²) in [6.07, 6.45) is 3.27. The molecule has 0 radical (unpaired) electrons. The molecule has 1 aliphatic heterocycles. The molecule has 0 spiro atoms. The molecule has 0 saturated heterocycles. The number of carbonyl (C=O) groups is 1. The Balaban J connectivity index is 2.41. The fourth-order valence-corrected chi connectivity index (χ4v) is 2.93. The molecule has 2 atom stereocenters. The SMILES string of the molecule is CCCC(O)c1cc(CC)cc2c1OCCC2NC(=O)CC. The number of aliphatic hydroxyl groups excluding tert-OH is 1. The van der Waals surface area contributed by atoms with Crippen molar-refractivity contribution < 1.29 is 14.6 Å². The minimum absolute atomic E-state index is 0.0183. The molecule has 2 rings (SSSR count). The zero-order chi connectivity index (χ0) is 16.1. The number of aryl methyl sites for hydroxylation is 1. The Morgan fingerprint density at radius 1 is 1.41 bits per heavy atom. The van der Waals surface area contributed by atoms with E-state index in [0.29, 0.717) is 13.0 Å². The summed E-state index contributed by atoms with van der Waals surface area (Å²) in [7, 11) is 0. The average molecular weight is 305 g/mol. The van der Waals surface area contributed by atoms with Gasteiger partial charge in [-0.3, -0.25) is 4.79 Å². The van der Waals surface area contributed by atoms with Gasteiger partial charge in [-0.05, 0) is 24.5 Å². The van der Waals surface area contributed by atoms with Crippen molar-refractivity contribution in [2.75, 3.05) is 6.61 Å². The number of ether oxygens (including phenoxy) is 1. The van der Waals surface area contributed by atoms with E-state index in [9.17, 15) is 9.90 Å². The lowest BCUT2D eigenvalue weighted by Gasteiger charge is -2.30. The van der Waals surface area contributed by atoms with Crippen LogP contribution in [0, 0.1) is 0 Å². The number of benzene rings is 1. The molecule has 1 heterocycles. The first-order valence-corrected chi connectivity index (χ1v) is 8.37. The molecule has 0 aromatic heterocycles. The van der Waals surface area contributed by atoms with Gasteiger partial charge in [0.05, 0.1) is 18.8 Å². The number of hydrogen-bond acceptors (Lipinski definition) is 3. The van der Waals surface area contributed by atoms with Crippen LogP contribution in [0.15, 0.2) is 12.1 Å². The van der Waals surface area contributed by atoms with Crippen LogP contribution >= 0.6 is 0 Å². The highest BCUT2D eigenvalue weighted by atomic mass is 16.5. The topological polar surface area (TPSA) is 58.6 Å². The molecular weight excluding hydrogens is 278 g/mol. The molecule has 2 N–H and O–H groups in total. The normalized spacial score (nSPS) is 18.3. The molecular formula is C18H27NO3. The van der Waals surface area contributed by atoms with Crippen LogP contribution < -0.4 is 10.1 Å². The predicted octanol–water partition coefficient (Wildman–Crippen LogP) is 3.43. The monoisotopic (exact) mass is 305 g/mol. The quantitative estimate of drug-likeness (QED) is 0.846. The molecule has 0 saturated carbocycles. The molecule has 122 valence electrons. The summed E-state index contributed by atoms with van der Waals surface area (Å²) in [4.78, 5) is 11.8. The summed E-state index contributed by atoms with van der Waals surface area (Å²) in [5.74, 6) is 0.821. The van der Waals surface area contributed by atoms with E-state index in [1.807, 2.05) is 13.0 Å². The Labute approximate surface area is 132 Å². The number of nitrogens with one attached hydrogen (secondary N) is 1. The summed E-state index contributed by atoms with van der Waals surface area (Å²) in [5.41, 5.74) is 3.05. The van der Waals surface area contributed by atoms with Gasteiger partial charge in [-0.2, -0.15) is 0 Å². The van der Waals surface area contributed by atoms with E-state index in [4.69, 9.17) is 4.74 Å². The molecule has 0 fully saturated rings. The van der Waals surface area contributed by atoms with Gasteiger partial charge in [0.2, 0.25) is 5.91 Å². The van der Waals surface area contributed by atoms with Crippen LogP contribution in [0.3, 0.4) is 0 Å². The van der Waals surface area contributed by atoms with Gasteiger partial charge in [0.1, 0.15) is 5.75 Å². The average Bonchev–Trinajstić information content (AvgIpc) is 2.54. The fraction of sp³-hybridized carbons (Fsp3) is 0.611. The van der Waals surface area contributed by atoms with Crippen molar-refractivity contribution in [2.45, 2.75) is 65.0 Å². The molecule has 1 aromatic carbocycles. The lowest BCUT2D eigenvalue weighted by atomic mass is 9.91. The van der Waals surface area contributed by atoms with E-state index < -0.39 is 6.10 Å². The summed E-state index contributed by atoms with van der Waals surface area (Å²) >= 11 is 0. The summed E-state index contributed by atoms with van der Waals surface area (Å²) in [6.45, 7) is 6.58. The Hall–Kier alpha value is -1.55. The summed E-state index contributed by atoms with van der Waals surface area (Å²) in [6, 6.07) is 4.13. The highest BCUT2D eigenvalue weighted by Crippen LogP contribution is 2.40. The maximum absolute atomic E-state index is 11.8. The van der Waals surface area contributed by atoms with Gasteiger partial charge in [-0.15, -0.1) is 0 Å². The van der Waals surface area contributed by atoms with E-state index >= 15 is 0 Å². The fourth-order valence-electron chi connectivity index (χ4n) is 2.93. The summed E-state index contributed by atoms with van der Waals surface area (Å²) in [5, 5.41) is 13.5. The van der Waals surface area contributed by atoms with Crippen LogP contribution in [0.2, 0.25) is 0 Å². The number of fused-ring (bicyclic) bond motifs is 1. The van der Waals surface area contributed by atoms with Crippen molar-refractivity contribution in [3.63, 3.8) is 0 Å². The Kier molecular flexibility index (Phi) is 5.83. The first-order chi connectivity index (χ1) is 10.6. The number of rotatable bonds is 6. The zero-order valence-corrected chi connectivity index (χ0v) is 13.8. The van der Waals surface area contributed by atoms with Gasteiger partial charge >= 0.3 is 0 Å². The Morgan fingerprint density at radius 2 is 2.18 bits per heavy atom. The minimum Gasteiger partial charge on any atom is -0.493 e. The molecule has 1 aromatic rings. The van der Waals surface area contributed by atoms with Crippen LogP contribution in [-0.4, -0.2) is 17.6 Å². The lowest BCUT2D eigenvalue weighted by molar-refractivity contribution is -0.121. The van der Waals surface area contributed by atoms with Gasteiger partial charge in [-0.25, -0.2) is 0 Å². The van der Waals surface area contributed by atoms with Crippen molar-refractivity contribution in [1.82, 2.24) is 5.32 Å². The summed E-state index contributed by atoms with van der Waals surface area (Å²) < 4.78 is 5.86. The first kappa shape index (κ1) is 16.8. The molecule has 1 amide bonds. The number of amides is 1. The lowest BCUT2D eigenvalue weighted by Crippen LogP contribution is -2.32. The number of hydrogen-bond donors (Lipinski definition) is 2. The van der Waals surface area contributed by atoms with E-state index in [2.05, 4.69) is 25.2 Å². The van der Waals surface area contributed by atoms with Crippen LogP contribution in [0.4, 0.5) is 0 Å². The molecule has 0 bridgehead atoms. The van der Waals surface area contributed by atoms with Gasteiger partial charge in [0, 0.05) is 24.0 Å². The molecule has 2 unspecified atom stereocenters. The van der Waals surface area contributed by atoms with Crippen LogP contribution in [0.5, 0.6) is 5.75 Å². The van der Waals surface area contributed by atoms with Gasteiger partial charge in [0.15, 0.2) is 0 Å². The van der Waals surface area contributed by atoms with E-state index in [0.717, 1.165) is 42.6 Å². The highest BCUT2D eigenvalue weighted by Gasteiger charge is 2.27. The standard InChI is InChI=1S/C18H27NO3/c1-4-7-16(20)14-11-12(5-2)10-13-15(19-17(21)6-3)8-9-22-18(13)14/h10-11,15-16,20H,4-9H2,1-3H3,(H,19,21). The largest absolute Gasteiger partial charge is 0.493 e. The minimum atomic E-state index is -0.508. The third kappa shape index (κ3) is 3.61. The third-order valence-electron chi connectivity index (χ3n) is 4.22. The van der Waals surface area contributed by atoms with Gasteiger partial charge in [-0.1, -0.05) is 33.3 Å². The Bertz CT molecular complexity index is 527. The van der Waals surface area contributed by atoms with Crippen molar-refractivity contribution in [1.29, 1.82) is 0 Å². The number of carbonyl (C=O) groups excluding carboxylic acids is 1. The van der Waals surface area contributed by atoms with Crippen LogP contribution in [-0.2, 0) is 11.2 Å². The predicted molar refractivity (Wildman–Crippen MR) is 87.0 cm³/mol. The maximum atomic E-state index is 11.8. The van der Waals surface area contributed by atoms with Crippen molar-refractivity contribution in [3.05, 3.63) is 28.8 Å². The van der Waals surface area contributed by atoms with Crippen molar-refractivity contribution in [2.24, 2.45) is 0 Å².